The molecule has 1 aromatic heterocycles. The summed E-state index contributed by atoms with van der Waals surface area (Å²) in [5.41, 5.74) is 9.65. The topological polar surface area (TPSA) is 110 Å². The Hall–Kier alpha value is -3.94. The van der Waals surface area contributed by atoms with Gasteiger partial charge in [-0.2, -0.15) is 0 Å². The molecule has 2 amide bonds. The monoisotopic (exact) mass is 445 g/mol. The van der Waals surface area contributed by atoms with Gasteiger partial charge in [-0.1, -0.05) is 12.1 Å². The number of carbonyl (C=O) groups is 2. The highest BCUT2D eigenvalue weighted by molar-refractivity contribution is 5.96. The van der Waals surface area contributed by atoms with Gasteiger partial charge in [-0.05, 0) is 61.2 Å². The van der Waals surface area contributed by atoms with Gasteiger partial charge in [0, 0.05) is 36.5 Å². The number of benzene rings is 2. The number of likely N-dealkylation sites (tertiary alicyclic amines) is 1. The predicted octanol–water partition coefficient (Wildman–Crippen LogP) is 4.06. The zero-order valence-corrected chi connectivity index (χ0v) is 18.7. The predicted molar refractivity (Wildman–Crippen MR) is 127 cm³/mol. The van der Waals surface area contributed by atoms with Gasteiger partial charge in [-0.3, -0.25) is 9.59 Å². The highest BCUT2D eigenvalue weighted by Gasteiger charge is 2.32. The van der Waals surface area contributed by atoms with Crippen molar-refractivity contribution in [2.45, 2.75) is 32.2 Å². The highest BCUT2D eigenvalue weighted by Crippen LogP contribution is 2.37. The minimum Gasteiger partial charge on any atom is -0.497 e. The molecule has 170 valence electrons. The summed E-state index contributed by atoms with van der Waals surface area (Å²) in [6.45, 7) is 2.07. The van der Waals surface area contributed by atoms with Crippen LogP contribution >= 0.6 is 0 Å². The van der Waals surface area contributed by atoms with Crippen LogP contribution in [0.15, 0.2) is 54.7 Å². The van der Waals surface area contributed by atoms with Crippen LogP contribution in [0.3, 0.4) is 0 Å². The van der Waals surface area contributed by atoms with Crippen LogP contribution < -0.4 is 15.8 Å². The van der Waals surface area contributed by atoms with Crippen molar-refractivity contribution in [3.05, 3.63) is 66.0 Å². The molecule has 0 aliphatic carbocycles. The Balaban J connectivity index is 1.69. The molecular formula is C25H27N5O3. The molecule has 3 N–H and O–H groups in total. The first-order chi connectivity index (χ1) is 16.0. The smallest absolute Gasteiger partial charge is 0.254 e. The largest absolute Gasteiger partial charge is 0.497 e. The van der Waals surface area contributed by atoms with Gasteiger partial charge in [0.15, 0.2) is 0 Å². The number of aromatic nitrogens is 2. The fourth-order valence-corrected chi connectivity index (χ4v) is 4.20. The highest BCUT2D eigenvalue weighted by atomic mass is 16.5. The zero-order chi connectivity index (χ0) is 23.4. The molecule has 0 spiro atoms. The number of hydrogen-bond donors (Lipinski definition) is 2. The quantitative estimate of drug-likeness (QED) is 0.613. The maximum Gasteiger partial charge on any atom is 0.254 e. The van der Waals surface area contributed by atoms with E-state index in [4.69, 9.17) is 10.5 Å². The molecule has 0 saturated carbocycles. The number of carbonyl (C=O) groups excluding carboxylic acids is 2. The molecule has 0 radical (unpaired) electrons. The first-order valence-electron chi connectivity index (χ1n) is 10.9. The van der Waals surface area contributed by atoms with E-state index < -0.39 is 0 Å². The molecule has 0 bridgehead atoms. The summed E-state index contributed by atoms with van der Waals surface area (Å²) in [7, 11) is 1.62. The number of ether oxygens (including phenoxy) is 1. The average Bonchev–Trinajstić information content (AvgIpc) is 2.83. The summed E-state index contributed by atoms with van der Waals surface area (Å²) >= 11 is 0. The Morgan fingerprint density at radius 3 is 2.67 bits per heavy atom. The van der Waals surface area contributed by atoms with Gasteiger partial charge < -0.3 is 20.7 Å². The third-order valence-corrected chi connectivity index (χ3v) is 5.75. The number of rotatable bonds is 5. The van der Waals surface area contributed by atoms with E-state index in [-0.39, 0.29) is 23.8 Å². The van der Waals surface area contributed by atoms with Crippen molar-refractivity contribution in [3.63, 3.8) is 0 Å². The van der Waals surface area contributed by atoms with Crippen molar-refractivity contribution < 1.29 is 14.3 Å². The van der Waals surface area contributed by atoms with Crippen molar-refractivity contribution in [3.8, 4) is 16.9 Å². The third kappa shape index (κ3) is 4.95. The van der Waals surface area contributed by atoms with Gasteiger partial charge in [-0.25, -0.2) is 9.97 Å². The lowest BCUT2D eigenvalue weighted by atomic mass is 9.93. The van der Waals surface area contributed by atoms with E-state index in [1.54, 1.807) is 37.6 Å². The Morgan fingerprint density at radius 2 is 1.94 bits per heavy atom. The summed E-state index contributed by atoms with van der Waals surface area (Å²) in [4.78, 5) is 35.4. The van der Waals surface area contributed by atoms with Gasteiger partial charge in [-0.15, -0.1) is 0 Å². The lowest BCUT2D eigenvalue weighted by molar-refractivity contribution is -0.114. The molecule has 3 aromatic rings. The fourth-order valence-electron chi connectivity index (χ4n) is 4.20. The summed E-state index contributed by atoms with van der Waals surface area (Å²) in [6.07, 6.45) is 4.40. The second kappa shape index (κ2) is 9.68. The van der Waals surface area contributed by atoms with E-state index in [0.717, 1.165) is 41.8 Å². The van der Waals surface area contributed by atoms with Crippen molar-refractivity contribution in [1.82, 2.24) is 14.9 Å². The standard InChI is InChI=1S/C25H27N5O3/c1-16(31)28-19-11-9-17(10-12-19)24(32)30-13-4-3-8-22(30)23-21(15-27-25(26)29-23)18-6-5-7-20(14-18)33-2/h5-7,9-12,14-15,22H,3-4,8,13H2,1-2H3,(H,28,31)(H2,26,27,29)/t22-/m0/s1. The summed E-state index contributed by atoms with van der Waals surface area (Å²) < 4.78 is 5.38. The molecule has 1 aliphatic rings. The second-order valence-corrected chi connectivity index (χ2v) is 8.03. The van der Waals surface area contributed by atoms with E-state index in [2.05, 4.69) is 15.3 Å². The SMILES string of the molecule is COc1cccc(-c2cnc(N)nc2[C@@H]2CCCCN2C(=O)c2ccc(NC(C)=O)cc2)c1. The number of nitrogens with one attached hydrogen (secondary N) is 1. The van der Waals surface area contributed by atoms with Crippen LogP contribution in [0.4, 0.5) is 11.6 Å². The molecule has 2 heterocycles. The van der Waals surface area contributed by atoms with Crippen LogP contribution in [-0.2, 0) is 4.79 Å². The van der Waals surface area contributed by atoms with Crippen molar-refractivity contribution >= 4 is 23.5 Å². The lowest BCUT2D eigenvalue weighted by Gasteiger charge is -2.36. The van der Waals surface area contributed by atoms with E-state index in [1.165, 1.54) is 6.92 Å². The summed E-state index contributed by atoms with van der Waals surface area (Å²) in [6, 6.07) is 14.4. The number of anilines is 2. The normalized spacial score (nSPS) is 15.7. The van der Waals surface area contributed by atoms with Gasteiger partial charge in [0.1, 0.15) is 5.75 Å². The first kappa shape index (κ1) is 22.3. The molecule has 1 saturated heterocycles. The summed E-state index contributed by atoms with van der Waals surface area (Å²) in [5.74, 6) is 0.667. The molecule has 0 unspecified atom stereocenters. The van der Waals surface area contributed by atoms with Crippen molar-refractivity contribution in [2.24, 2.45) is 0 Å². The van der Waals surface area contributed by atoms with Crippen LogP contribution in [0.25, 0.3) is 11.1 Å². The van der Waals surface area contributed by atoms with Gasteiger partial charge >= 0.3 is 0 Å². The maximum absolute atomic E-state index is 13.5. The van der Waals surface area contributed by atoms with E-state index in [1.807, 2.05) is 29.2 Å². The third-order valence-electron chi connectivity index (χ3n) is 5.75. The fraction of sp³-hybridized carbons (Fsp3) is 0.280. The van der Waals surface area contributed by atoms with Crippen molar-refractivity contribution in [1.29, 1.82) is 0 Å². The number of nitrogen functional groups attached to an aromatic ring is 1. The number of piperidine rings is 1. The number of amides is 2. The molecule has 8 heteroatoms. The Bertz CT molecular complexity index is 1160. The molecule has 33 heavy (non-hydrogen) atoms. The minimum absolute atomic E-state index is 0.0807. The zero-order valence-electron chi connectivity index (χ0n) is 18.7. The van der Waals surface area contributed by atoms with E-state index in [9.17, 15) is 9.59 Å². The minimum atomic E-state index is -0.229. The van der Waals surface area contributed by atoms with Crippen LogP contribution in [0.5, 0.6) is 5.75 Å². The Labute approximate surface area is 192 Å². The van der Waals surface area contributed by atoms with Crippen LogP contribution in [0.1, 0.15) is 48.3 Å². The van der Waals surface area contributed by atoms with Crippen LogP contribution in [-0.4, -0.2) is 40.3 Å². The molecule has 1 atom stereocenters. The number of methoxy groups -OCH3 is 1. The Morgan fingerprint density at radius 1 is 1.15 bits per heavy atom. The van der Waals surface area contributed by atoms with E-state index >= 15 is 0 Å². The van der Waals surface area contributed by atoms with E-state index in [0.29, 0.717) is 17.8 Å². The van der Waals surface area contributed by atoms with Crippen LogP contribution in [0, 0.1) is 0 Å². The lowest BCUT2D eigenvalue weighted by Crippen LogP contribution is -2.39. The number of nitrogens with two attached hydrogens (primary N) is 1. The van der Waals surface area contributed by atoms with Crippen molar-refractivity contribution in [2.75, 3.05) is 24.7 Å². The molecule has 1 fully saturated rings. The molecule has 2 aromatic carbocycles. The molecule has 1 aliphatic heterocycles. The van der Waals surface area contributed by atoms with Gasteiger partial charge in [0.25, 0.3) is 5.91 Å². The first-order valence-corrected chi connectivity index (χ1v) is 10.9. The second-order valence-electron chi connectivity index (χ2n) is 8.03. The maximum atomic E-state index is 13.5. The molecule has 4 rings (SSSR count). The van der Waals surface area contributed by atoms with Crippen LogP contribution in [0.2, 0.25) is 0 Å². The number of hydrogen-bond acceptors (Lipinski definition) is 6. The molecule has 8 nitrogen and oxygen atoms in total. The Kier molecular flexibility index (Phi) is 6.53. The summed E-state index contributed by atoms with van der Waals surface area (Å²) in [5, 5.41) is 2.72. The number of nitrogens with zero attached hydrogens (tertiary/aromatic N) is 3. The van der Waals surface area contributed by atoms with Gasteiger partial charge in [0.05, 0.1) is 18.8 Å². The van der Waals surface area contributed by atoms with Gasteiger partial charge in [0.2, 0.25) is 11.9 Å². The average molecular weight is 446 g/mol. The molecular weight excluding hydrogens is 418 g/mol.